The Kier molecular flexibility index (Phi) is 6.43. The van der Waals surface area contributed by atoms with Gasteiger partial charge in [0.05, 0.1) is 23.4 Å². The molecular formula is C21H22ClN3O. The summed E-state index contributed by atoms with van der Waals surface area (Å²) < 4.78 is 5.60. The fourth-order valence-corrected chi connectivity index (χ4v) is 2.74. The Hall–Kier alpha value is -2.77. The van der Waals surface area contributed by atoms with E-state index in [-0.39, 0.29) is 12.4 Å². The fraction of sp³-hybridized carbons (Fsp3) is 0.238. The van der Waals surface area contributed by atoms with Gasteiger partial charge in [0.15, 0.2) is 0 Å². The summed E-state index contributed by atoms with van der Waals surface area (Å²) in [6.07, 6.45) is 1.60. The van der Waals surface area contributed by atoms with Gasteiger partial charge in [0.1, 0.15) is 11.8 Å². The van der Waals surface area contributed by atoms with E-state index in [9.17, 15) is 5.26 Å². The van der Waals surface area contributed by atoms with Crippen molar-refractivity contribution < 1.29 is 4.74 Å². The van der Waals surface area contributed by atoms with Gasteiger partial charge in [0, 0.05) is 17.3 Å². The van der Waals surface area contributed by atoms with Crippen molar-refractivity contribution in [1.29, 1.82) is 5.26 Å². The van der Waals surface area contributed by atoms with Crippen molar-refractivity contribution in [2.75, 3.05) is 11.9 Å². The highest BCUT2D eigenvalue weighted by atomic mass is 35.5. The highest BCUT2D eigenvalue weighted by Crippen LogP contribution is 2.31. The van der Waals surface area contributed by atoms with Crippen LogP contribution in [-0.4, -0.2) is 11.6 Å². The molecule has 0 radical (unpaired) electrons. The molecule has 1 N–H and O–H groups in total. The lowest BCUT2D eigenvalue weighted by Gasteiger charge is -2.13. The van der Waals surface area contributed by atoms with E-state index in [1.54, 1.807) is 6.20 Å². The van der Waals surface area contributed by atoms with Gasteiger partial charge >= 0.3 is 0 Å². The minimum Gasteiger partial charge on any atom is -0.494 e. The van der Waals surface area contributed by atoms with Crippen LogP contribution in [0.25, 0.3) is 10.9 Å². The number of benzene rings is 2. The van der Waals surface area contributed by atoms with Gasteiger partial charge in [-0.3, -0.25) is 4.98 Å². The quantitative estimate of drug-likeness (QED) is 0.619. The van der Waals surface area contributed by atoms with Crippen molar-refractivity contribution in [3.63, 3.8) is 0 Å². The first kappa shape index (κ1) is 19.6. The molecule has 0 aliphatic carbocycles. The third-order valence-corrected chi connectivity index (χ3v) is 4.12. The predicted molar refractivity (Wildman–Crippen MR) is 109 cm³/mol. The van der Waals surface area contributed by atoms with Crippen LogP contribution in [0.5, 0.6) is 5.75 Å². The number of rotatable bonds is 5. The van der Waals surface area contributed by atoms with Crippen molar-refractivity contribution in [2.45, 2.75) is 26.7 Å². The molecule has 5 heteroatoms. The molecule has 0 fully saturated rings. The van der Waals surface area contributed by atoms with Crippen molar-refractivity contribution in [1.82, 2.24) is 4.98 Å². The molecule has 0 aliphatic heterocycles. The van der Waals surface area contributed by atoms with Gasteiger partial charge in [-0.15, -0.1) is 12.4 Å². The molecule has 0 bridgehead atoms. The minimum absolute atomic E-state index is 0. The maximum Gasteiger partial charge on any atom is 0.120 e. The summed E-state index contributed by atoms with van der Waals surface area (Å²) in [6, 6.07) is 16.2. The van der Waals surface area contributed by atoms with Gasteiger partial charge in [-0.05, 0) is 48.7 Å². The van der Waals surface area contributed by atoms with Crippen LogP contribution in [0.4, 0.5) is 11.4 Å². The minimum atomic E-state index is 0. The first-order valence-electron chi connectivity index (χ1n) is 8.45. The second-order valence-corrected chi connectivity index (χ2v) is 6.17. The van der Waals surface area contributed by atoms with E-state index in [0.717, 1.165) is 28.0 Å². The molecule has 4 nitrogen and oxygen atoms in total. The average molecular weight is 368 g/mol. The van der Waals surface area contributed by atoms with Crippen LogP contribution in [0, 0.1) is 11.3 Å². The van der Waals surface area contributed by atoms with Crippen LogP contribution in [0.3, 0.4) is 0 Å². The Balaban J connectivity index is 0.00000243. The normalized spacial score (nSPS) is 10.3. The van der Waals surface area contributed by atoms with Crippen LogP contribution in [0.2, 0.25) is 0 Å². The van der Waals surface area contributed by atoms with Gasteiger partial charge in [0.2, 0.25) is 0 Å². The largest absolute Gasteiger partial charge is 0.494 e. The standard InChI is InChI=1S/C21H21N3O.ClH/c1-4-25-18-9-10-20-19(11-18)21(16(12-22)13-23-20)24-17-7-5-15(6-8-17)14(2)3;/h5-11,13-14H,4H2,1-3H3,(H,23,24);1H. The molecule has 134 valence electrons. The lowest BCUT2D eigenvalue weighted by atomic mass is 10.0. The summed E-state index contributed by atoms with van der Waals surface area (Å²) in [5, 5.41) is 13.7. The van der Waals surface area contributed by atoms with E-state index < -0.39 is 0 Å². The zero-order chi connectivity index (χ0) is 17.8. The van der Waals surface area contributed by atoms with E-state index in [2.05, 4.69) is 42.4 Å². The van der Waals surface area contributed by atoms with Crippen molar-refractivity contribution >= 4 is 34.7 Å². The number of anilines is 2. The second-order valence-electron chi connectivity index (χ2n) is 6.17. The van der Waals surface area contributed by atoms with Crippen LogP contribution in [0.1, 0.15) is 37.8 Å². The number of nitrogens with zero attached hydrogens (tertiary/aromatic N) is 2. The Bertz CT molecular complexity index is 930. The van der Waals surface area contributed by atoms with Crippen LogP contribution >= 0.6 is 12.4 Å². The molecule has 0 saturated carbocycles. The van der Waals surface area contributed by atoms with E-state index in [1.165, 1.54) is 5.56 Å². The second kappa shape index (κ2) is 8.55. The number of pyridine rings is 1. The molecule has 0 amide bonds. The average Bonchev–Trinajstić information content (AvgIpc) is 2.63. The maximum absolute atomic E-state index is 9.48. The Morgan fingerprint density at radius 1 is 1.15 bits per heavy atom. The maximum atomic E-state index is 9.48. The van der Waals surface area contributed by atoms with Crippen LogP contribution in [-0.2, 0) is 0 Å². The molecular weight excluding hydrogens is 346 g/mol. The molecule has 3 aromatic rings. The van der Waals surface area contributed by atoms with E-state index in [1.807, 2.05) is 37.3 Å². The molecule has 0 spiro atoms. The van der Waals surface area contributed by atoms with E-state index in [4.69, 9.17) is 4.74 Å². The van der Waals surface area contributed by atoms with Crippen molar-refractivity contribution in [2.24, 2.45) is 0 Å². The zero-order valence-electron chi connectivity index (χ0n) is 15.1. The number of aromatic nitrogens is 1. The number of hydrogen-bond donors (Lipinski definition) is 1. The fourth-order valence-electron chi connectivity index (χ4n) is 2.74. The van der Waals surface area contributed by atoms with Crippen molar-refractivity contribution in [3.8, 4) is 11.8 Å². The molecule has 0 aliphatic rings. The highest BCUT2D eigenvalue weighted by Gasteiger charge is 2.11. The summed E-state index contributed by atoms with van der Waals surface area (Å²) in [4.78, 5) is 4.37. The molecule has 0 atom stereocenters. The van der Waals surface area contributed by atoms with E-state index >= 15 is 0 Å². The lowest BCUT2D eigenvalue weighted by molar-refractivity contribution is 0.340. The number of nitrogens with one attached hydrogen (secondary N) is 1. The van der Waals surface area contributed by atoms with Crippen LogP contribution < -0.4 is 10.1 Å². The number of hydrogen-bond acceptors (Lipinski definition) is 4. The number of ether oxygens (including phenoxy) is 1. The topological polar surface area (TPSA) is 57.9 Å². The highest BCUT2D eigenvalue weighted by molar-refractivity contribution is 5.96. The summed E-state index contributed by atoms with van der Waals surface area (Å²) in [6.45, 7) is 6.88. The molecule has 0 saturated heterocycles. The summed E-state index contributed by atoms with van der Waals surface area (Å²) in [7, 11) is 0. The zero-order valence-corrected chi connectivity index (χ0v) is 15.9. The Labute approximate surface area is 160 Å². The monoisotopic (exact) mass is 367 g/mol. The smallest absolute Gasteiger partial charge is 0.120 e. The van der Waals surface area contributed by atoms with Gasteiger partial charge < -0.3 is 10.1 Å². The SMILES string of the molecule is CCOc1ccc2ncc(C#N)c(Nc3ccc(C(C)C)cc3)c2c1.Cl. The van der Waals surface area contributed by atoms with Gasteiger partial charge in [0.25, 0.3) is 0 Å². The Morgan fingerprint density at radius 3 is 2.50 bits per heavy atom. The van der Waals surface area contributed by atoms with Crippen LogP contribution in [0.15, 0.2) is 48.7 Å². The lowest BCUT2D eigenvalue weighted by Crippen LogP contribution is -1.98. The Morgan fingerprint density at radius 2 is 1.88 bits per heavy atom. The van der Waals surface area contributed by atoms with E-state index in [0.29, 0.717) is 18.1 Å². The van der Waals surface area contributed by atoms with Gasteiger partial charge in [-0.25, -0.2) is 0 Å². The molecule has 3 rings (SSSR count). The van der Waals surface area contributed by atoms with Crippen molar-refractivity contribution in [3.05, 3.63) is 59.8 Å². The molecule has 1 aromatic heterocycles. The summed E-state index contributed by atoms with van der Waals surface area (Å²) in [5.74, 6) is 1.25. The first-order valence-corrected chi connectivity index (χ1v) is 8.45. The van der Waals surface area contributed by atoms with Gasteiger partial charge in [-0.2, -0.15) is 5.26 Å². The summed E-state index contributed by atoms with van der Waals surface area (Å²) in [5.41, 5.74) is 4.31. The molecule has 2 aromatic carbocycles. The summed E-state index contributed by atoms with van der Waals surface area (Å²) >= 11 is 0. The molecule has 0 unspecified atom stereocenters. The first-order chi connectivity index (χ1) is 12.1. The third-order valence-electron chi connectivity index (χ3n) is 4.12. The molecule has 26 heavy (non-hydrogen) atoms. The number of nitriles is 1. The predicted octanol–water partition coefficient (Wildman–Crippen LogP) is 5.79. The third kappa shape index (κ3) is 4.07. The number of halogens is 1. The van der Waals surface area contributed by atoms with Gasteiger partial charge in [-0.1, -0.05) is 26.0 Å². The number of fused-ring (bicyclic) bond motifs is 1. The molecule has 1 heterocycles.